The first-order valence-electron chi connectivity index (χ1n) is 8.48. The highest BCUT2D eigenvalue weighted by atomic mass is 16.5. The van der Waals surface area contributed by atoms with Crippen LogP contribution < -0.4 is 16.4 Å². The molecular weight excluding hydrogens is 354 g/mol. The van der Waals surface area contributed by atoms with Gasteiger partial charge in [0.25, 0.3) is 0 Å². The number of benzene rings is 1. The van der Waals surface area contributed by atoms with E-state index in [4.69, 9.17) is 15.6 Å². The average molecular weight is 379 g/mol. The molecular formula is C18H25N3O6. The van der Waals surface area contributed by atoms with Crippen LogP contribution in [0.15, 0.2) is 30.3 Å². The minimum atomic E-state index is -1.37. The molecule has 0 saturated heterocycles. The van der Waals surface area contributed by atoms with E-state index in [0.717, 1.165) is 5.56 Å². The second-order valence-corrected chi connectivity index (χ2v) is 5.95. The molecule has 9 heteroatoms. The number of nitrogens with two attached hydrogens (primary N) is 1. The molecule has 2 amide bonds. The van der Waals surface area contributed by atoms with Gasteiger partial charge in [0.2, 0.25) is 11.8 Å². The van der Waals surface area contributed by atoms with Crippen LogP contribution in [0.4, 0.5) is 0 Å². The molecule has 1 rings (SSSR count). The van der Waals surface area contributed by atoms with E-state index in [1.54, 1.807) is 31.2 Å². The van der Waals surface area contributed by atoms with Gasteiger partial charge in [-0.2, -0.15) is 0 Å². The fraction of sp³-hybridized carbons (Fsp3) is 0.444. The minimum Gasteiger partial charge on any atom is -0.481 e. The Labute approximate surface area is 157 Å². The molecule has 5 N–H and O–H groups in total. The summed E-state index contributed by atoms with van der Waals surface area (Å²) in [4.78, 5) is 47.5. The molecule has 0 radical (unpaired) electrons. The Morgan fingerprint density at radius 2 is 1.67 bits per heavy atom. The van der Waals surface area contributed by atoms with Gasteiger partial charge < -0.3 is 26.2 Å². The number of aliphatic carboxylic acids is 1. The Morgan fingerprint density at radius 1 is 1.07 bits per heavy atom. The van der Waals surface area contributed by atoms with Crippen molar-refractivity contribution in [3.8, 4) is 0 Å². The van der Waals surface area contributed by atoms with Crippen molar-refractivity contribution >= 4 is 23.8 Å². The van der Waals surface area contributed by atoms with Gasteiger partial charge in [-0.15, -0.1) is 0 Å². The lowest BCUT2D eigenvalue weighted by Crippen LogP contribution is -2.55. The topological polar surface area (TPSA) is 148 Å². The lowest BCUT2D eigenvalue weighted by molar-refractivity contribution is -0.145. The number of hydrogen-bond donors (Lipinski definition) is 4. The van der Waals surface area contributed by atoms with Crippen LogP contribution >= 0.6 is 0 Å². The number of amides is 2. The predicted molar refractivity (Wildman–Crippen MR) is 96.5 cm³/mol. The zero-order chi connectivity index (χ0) is 20.4. The van der Waals surface area contributed by atoms with Gasteiger partial charge >= 0.3 is 11.9 Å². The Bertz CT molecular complexity index is 664. The highest BCUT2D eigenvalue weighted by molar-refractivity contribution is 5.94. The van der Waals surface area contributed by atoms with E-state index < -0.39 is 48.3 Å². The minimum absolute atomic E-state index is 0.154. The molecule has 1 aromatic rings. The lowest BCUT2D eigenvalue weighted by Gasteiger charge is -2.22. The summed E-state index contributed by atoms with van der Waals surface area (Å²) in [5.41, 5.74) is 6.38. The maximum absolute atomic E-state index is 12.5. The van der Waals surface area contributed by atoms with Crippen molar-refractivity contribution in [2.45, 2.75) is 44.3 Å². The van der Waals surface area contributed by atoms with Crippen LogP contribution in [0.25, 0.3) is 0 Å². The highest BCUT2D eigenvalue weighted by Gasteiger charge is 2.29. The summed E-state index contributed by atoms with van der Waals surface area (Å²) in [6.45, 7) is 1.68. The summed E-state index contributed by atoms with van der Waals surface area (Å²) in [6, 6.07) is 5.67. The number of hydrogen-bond acceptors (Lipinski definition) is 6. The SMILES string of the molecule is CCC(N)C(=O)N[C@@H](CC(=O)O)C(=O)N[C@@H](Cc1ccccc1)C(=O)OC. The summed E-state index contributed by atoms with van der Waals surface area (Å²) in [5.74, 6) is -3.41. The molecule has 0 aliphatic carbocycles. The summed E-state index contributed by atoms with van der Waals surface area (Å²) in [5, 5.41) is 13.8. The average Bonchev–Trinajstić information content (AvgIpc) is 2.65. The number of carbonyl (C=O) groups excluding carboxylic acids is 3. The molecule has 3 atom stereocenters. The Balaban J connectivity index is 2.91. The zero-order valence-corrected chi connectivity index (χ0v) is 15.3. The number of esters is 1. The van der Waals surface area contributed by atoms with E-state index in [9.17, 15) is 19.2 Å². The van der Waals surface area contributed by atoms with E-state index in [2.05, 4.69) is 10.6 Å². The van der Waals surface area contributed by atoms with Crippen molar-refractivity contribution in [1.82, 2.24) is 10.6 Å². The molecule has 9 nitrogen and oxygen atoms in total. The predicted octanol–water partition coefficient (Wildman–Crippen LogP) is -0.416. The molecule has 0 aliphatic heterocycles. The Hall–Kier alpha value is -2.94. The highest BCUT2D eigenvalue weighted by Crippen LogP contribution is 2.06. The van der Waals surface area contributed by atoms with Gasteiger partial charge in [0.15, 0.2) is 0 Å². The van der Waals surface area contributed by atoms with Gasteiger partial charge in [-0.1, -0.05) is 37.3 Å². The molecule has 0 spiro atoms. The molecule has 0 bridgehead atoms. The Morgan fingerprint density at radius 3 is 2.19 bits per heavy atom. The first kappa shape index (κ1) is 22.1. The second kappa shape index (κ2) is 10.9. The van der Waals surface area contributed by atoms with E-state index in [1.807, 2.05) is 6.07 Å². The third kappa shape index (κ3) is 7.45. The number of carboxylic acid groups (broad SMARTS) is 1. The van der Waals surface area contributed by atoms with Crippen molar-refractivity contribution in [1.29, 1.82) is 0 Å². The molecule has 148 valence electrons. The van der Waals surface area contributed by atoms with Crippen LogP contribution in [-0.2, 0) is 30.3 Å². The van der Waals surface area contributed by atoms with Crippen LogP contribution in [0.5, 0.6) is 0 Å². The van der Waals surface area contributed by atoms with E-state index >= 15 is 0 Å². The molecule has 0 aromatic heterocycles. The van der Waals surface area contributed by atoms with Crippen LogP contribution in [0, 0.1) is 0 Å². The van der Waals surface area contributed by atoms with Gasteiger partial charge in [0.1, 0.15) is 12.1 Å². The summed E-state index contributed by atoms with van der Waals surface area (Å²) in [7, 11) is 1.18. The fourth-order valence-corrected chi connectivity index (χ4v) is 2.31. The quantitative estimate of drug-likeness (QED) is 0.404. The van der Waals surface area contributed by atoms with Gasteiger partial charge in [0, 0.05) is 6.42 Å². The third-order valence-electron chi connectivity index (χ3n) is 3.87. The smallest absolute Gasteiger partial charge is 0.328 e. The van der Waals surface area contributed by atoms with Crippen molar-refractivity contribution in [2.75, 3.05) is 7.11 Å². The van der Waals surface area contributed by atoms with E-state index in [0.29, 0.717) is 6.42 Å². The van der Waals surface area contributed by atoms with Crippen molar-refractivity contribution in [3.63, 3.8) is 0 Å². The molecule has 0 fully saturated rings. The normalized spacial score (nSPS) is 13.7. The van der Waals surface area contributed by atoms with E-state index in [-0.39, 0.29) is 6.42 Å². The number of rotatable bonds is 10. The standard InChI is InChI=1S/C18H25N3O6/c1-3-12(19)16(24)20-13(10-15(22)23)17(25)21-14(18(26)27-2)9-11-7-5-4-6-8-11/h4-8,12-14H,3,9-10,19H2,1-2H3,(H,20,24)(H,21,25)(H,22,23)/t12?,13-,14-/m0/s1. The lowest BCUT2D eigenvalue weighted by atomic mass is 10.0. The number of nitrogens with one attached hydrogen (secondary N) is 2. The monoisotopic (exact) mass is 379 g/mol. The molecule has 1 aromatic carbocycles. The molecule has 27 heavy (non-hydrogen) atoms. The van der Waals surface area contributed by atoms with Gasteiger partial charge in [-0.05, 0) is 12.0 Å². The molecule has 1 unspecified atom stereocenters. The summed E-state index contributed by atoms with van der Waals surface area (Å²) < 4.78 is 4.71. The number of carboxylic acids is 1. The van der Waals surface area contributed by atoms with Gasteiger partial charge in [0.05, 0.1) is 19.6 Å². The molecule has 0 saturated carbocycles. The van der Waals surface area contributed by atoms with Crippen LogP contribution in [-0.4, -0.2) is 54.1 Å². The van der Waals surface area contributed by atoms with E-state index in [1.165, 1.54) is 7.11 Å². The fourth-order valence-electron chi connectivity index (χ4n) is 2.31. The molecule has 0 heterocycles. The van der Waals surface area contributed by atoms with Crippen molar-refractivity contribution in [3.05, 3.63) is 35.9 Å². The van der Waals surface area contributed by atoms with Gasteiger partial charge in [-0.25, -0.2) is 4.79 Å². The maximum atomic E-state index is 12.5. The number of methoxy groups -OCH3 is 1. The summed E-state index contributed by atoms with van der Waals surface area (Å²) >= 11 is 0. The maximum Gasteiger partial charge on any atom is 0.328 e. The van der Waals surface area contributed by atoms with Crippen LogP contribution in [0.3, 0.4) is 0 Å². The third-order valence-corrected chi connectivity index (χ3v) is 3.87. The van der Waals surface area contributed by atoms with Crippen molar-refractivity contribution in [2.24, 2.45) is 5.73 Å². The second-order valence-electron chi connectivity index (χ2n) is 5.95. The first-order valence-corrected chi connectivity index (χ1v) is 8.48. The summed E-state index contributed by atoms with van der Waals surface area (Å²) in [6.07, 6.45) is -0.166. The van der Waals surface area contributed by atoms with Crippen molar-refractivity contribution < 1.29 is 29.0 Å². The largest absolute Gasteiger partial charge is 0.481 e. The van der Waals surface area contributed by atoms with Crippen LogP contribution in [0.2, 0.25) is 0 Å². The zero-order valence-electron chi connectivity index (χ0n) is 15.3. The van der Waals surface area contributed by atoms with Crippen LogP contribution in [0.1, 0.15) is 25.3 Å². The number of ether oxygens (including phenoxy) is 1. The molecule has 0 aliphatic rings. The van der Waals surface area contributed by atoms with Gasteiger partial charge in [-0.3, -0.25) is 14.4 Å². The Kier molecular flexibility index (Phi) is 8.94. The first-order chi connectivity index (χ1) is 12.8. The number of carbonyl (C=O) groups is 4.